The molecule has 7 nitrogen and oxygen atoms in total. The summed E-state index contributed by atoms with van der Waals surface area (Å²) in [4.78, 5) is 0.704. The van der Waals surface area contributed by atoms with Crippen LogP contribution in [-0.4, -0.2) is 37.1 Å². The highest BCUT2D eigenvalue weighted by atomic mass is 35.5. The fourth-order valence-corrected chi connectivity index (χ4v) is 3.82. The van der Waals surface area contributed by atoms with Crippen molar-refractivity contribution in [3.8, 4) is 39.1 Å². The van der Waals surface area contributed by atoms with Gasteiger partial charge in [0.2, 0.25) is 10.8 Å². The molecule has 0 spiro atoms. The number of fused-ring (bicyclic) bond motifs is 1. The van der Waals surface area contributed by atoms with Gasteiger partial charge in [0.1, 0.15) is 16.5 Å². The summed E-state index contributed by atoms with van der Waals surface area (Å²) in [6.45, 7) is 0. The Balaban J connectivity index is 1.53. The van der Waals surface area contributed by atoms with Crippen molar-refractivity contribution in [2.24, 2.45) is 0 Å². The highest BCUT2D eigenvalue weighted by molar-refractivity contribution is 7.19. The van der Waals surface area contributed by atoms with Crippen LogP contribution in [0.15, 0.2) is 54.6 Å². The number of aromatic amines is 1. The van der Waals surface area contributed by atoms with E-state index in [1.54, 1.807) is 11.6 Å². The lowest BCUT2D eigenvalue weighted by Crippen LogP contribution is -1.91. The molecule has 5 aromatic rings. The highest BCUT2D eigenvalue weighted by Crippen LogP contribution is 2.30. The zero-order valence-corrected chi connectivity index (χ0v) is 16.2. The molecule has 2 aromatic carbocycles. The van der Waals surface area contributed by atoms with E-state index in [9.17, 15) is 0 Å². The number of hydrogen-bond acceptors (Lipinski definition) is 6. The smallest absolute Gasteiger partial charge is 0.235 e. The van der Waals surface area contributed by atoms with Crippen molar-refractivity contribution in [3.63, 3.8) is 0 Å². The van der Waals surface area contributed by atoms with E-state index in [0.717, 1.165) is 33.3 Å². The highest BCUT2D eigenvalue weighted by Gasteiger charge is 2.17. The number of benzene rings is 2. The summed E-state index contributed by atoms with van der Waals surface area (Å²) in [5, 5.41) is 22.1. The molecule has 9 heteroatoms. The van der Waals surface area contributed by atoms with E-state index >= 15 is 0 Å². The standard InChI is InChI=1S/C19H13ClN6OS/c1-27-14-4-2-3-12(9-14)18-25-26-17(23-24-19(26)28-18)16-10-15(21-22-16)11-5-7-13(20)8-6-11/h2-10H,1H3,(H,21,22). The molecule has 0 fully saturated rings. The largest absolute Gasteiger partial charge is 0.497 e. The van der Waals surface area contributed by atoms with E-state index < -0.39 is 0 Å². The van der Waals surface area contributed by atoms with Gasteiger partial charge in [0, 0.05) is 16.1 Å². The third kappa shape index (κ3) is 2.92. The van der Waals surface area contributed by atoms with Gasteiger partial charge in [0.15, 0.2) is 0 Å². The normalized spacial score (nSPS) is 11.2. The van der Waals surface area contributed by atoms with Crippen molar-refractivity contribution in [2.75, 3.05) is 7.11 Å². The summed E-state index contributed by atoms with van der Waals surface area (Å²) in [7, 11) is 1.65. The molecule has 0 bridgehead atoms. The molecule has 0 aliphatic rings. The third-order valence-corrected chi connectivity index (χ3v) is 5.47. The summed E-state index contributed by atoms with van der Waals surface area (Å²) in [6, 6.07) is 17.2. The molecule has 138 valence electrons. The van der Waals surface area contributed by atoms with Crippen molar-refractivity contribution in [1.82, 2.24) is 30.0 Å². The number of nitrogens with one attached hydrogen (secondary N) is 1. The Labute approximate surface area is 168 Å². The number of rotatable bonds is 4. The molecular formula is C19H13ClN6OS. The first kappa shape index (κ1) is 16.9. The summed E-state index contributed by atoms with van der Waals surface area (Å²) in [5.41, 5.74) is 3.46. The van der Waals surface area contributed by atoms with E-state index in [0.29, 0.717) is 15.8 Å². The lowest BCUT2D eigenvalue weighted by atomic mass is 10.1. The van der Waals surface area contributed by atoms with Crippen LogP contribution < -0.4 is 4.74 Å². The van der Waals surface area contributed by atoms with E-state index in [1.165, 1.54) is 11.3 Å². The minimum atomic E-state index is 0.605. The maximum Gasteiger partial charge on any atom is 0.235 e. The number of nitrogens with zero attached hydrogens (tertiary/aromatic N) is 5. The SMILES string of the molecule is COc1cccc(-c2nn3c(-c4cc(-c5ccc(Cl)cc5)n[nH]4)nnc3s2)c1. The predicted molar refractivity (Wildman–Crippen MR) is 109 cm³/mol. The monoisotopic (exact) mass is 408 g/mol. The Bertz CT molecular complexity index is 1270. The van der Waals surface area contributed by atoms with Crippen molar-refractivity contribution in [2.45, 2.75) is 0 Å². The van der Waals surface area contributed by atoms with Gasteiger partial charge in [0.25, 0.3) is 0 Å². The van der Waals surface area contributed by atoms with Crippen LogP contribution in [0, 0.1) is 0 Å². The van der Waals surface area contributed by atoms with Crippen molar-refractivity contribution in [1.29, 1.82) is 0 Å². The van der Waals surface area contributed by atoms with Crippen LogP contribution in [-0.2, 0) is 0 Å². The number of methoxy groups -OCH3 is 1. The zero-order valence-electron chi connectivity index (χ0n) is 14.6. The maximum absolute atomic E-state index is 5.96. The molecule has 0 radical (unpaired) electrons. The Morgan fingerprint density at radius 1 is 1.04 bits per heavy atom. The first-order valence-corrected chi connectivity index (χ1v) is 9.59. The van der Waals surface area contributed by atoms with Crippen molar-refractivity contribution in [3.05, 3.63) is 59.6 Å². The second-order valence-corrected chi connectivity index (χ2v) is 7.42. The minimum Gasteiger partial charge on any atom is -0.497 e. The molecule has 0 unspecified atom stereocenters. The van der Waals surface area contributed by atoms with E-state index in [4.69, 9.17) is 16.3 Å². The van der Waals surface area contributed by atoms with Crippen LogP contribution in [0.3, 0.4) is 0 Å². The van der Waals surface area contributed by atoms with Crippen LogP contribution in [0.2, 0.25) is 5.02 Å². The average Bonchev–Trinajstić information content (AvgIpc) is 3.44. The van der Waals surface area contributed by atoms with Crippen LogP contribution in [0.4, 0.5) is 0 Å². The summed E-state index contributed by atoms with van der Waals surface area (Å²) in [5.74, 6) is 1.39. The number of H-pyrrole nitrogens is 1. The summed E-state index contributed by atoms with van der Waals surface area (Å²) < 4.78 is 7.02. The molecule has 0 saturated heterocycles. The van der Waals surface area contributed by atoms with Gasteiger partial charge in [-0.15, -0.1) is 10.2 Å². The molecule has 0 aliphatic heterocycles. The van der Waals surface area contributed by atoms with Crippen LogP contribution in [0.25, 0.3) is 38.3 Å². The molecule has 5 rings (SSSR count). The first-order chi connectivity index (χ1) is 13.7. The Kier molecular flexibility index (Phi) is 4.07. The van der Waals surface area contributed by atoms with Gasteiger partial charge in [0.05, 0.1) is 12.8 Å². The van der Waals surface area contributed by atoms with Crippen molar-refractivity contribution < 1.29 is 4.74 Å². The Morgan fingerprint density at radius 3 is 2.71 bits per heavy atom. The molecule has 0 saturated carbocycles. The van der Waals surface area contributed by atoms with Gasteiger partial charge in [-0.05, 0) is 30.3 Å². The molecule has 1 N–H and O–H groups in total. The number of halogens is 1. The maximum atomic E-state index is 5.96. The molecule has 0 atom stereocenters. The lowest BCUT2D eigenvalue weighted by Gasteiger charge is -2.00. The summed E-state index contributed by atoms with van der Waals surface area (Å²) in [6.07, 6.45) is 0. The second-order valence-electron chi connectivity index (χ2n) is 6.03. The van der Waals surface area contributed by atoms with Gasteiger partial charge in [-0.2, -0.15) is 14.7 Å². The van der Waals surface area contributed by atoms with E-state index in [1.807, 2.05) is 54.6 Å². The molecule has 0 aliphatic carbocycles. The predicted octanol–water partition coefficient (Wildman–Crippen LogP) is 4.57. The Morgan fingerprint density at radius 2 is 1.89 bits per heavy atom. The van der Waals surface area contributed by atoms with Gasteiger partial charge < -0.3 is 4.74 Å². The molecule has 0 amide bonds. The van der Waals surface area contributed by atoms with Crippen LogP contribution in [0.5, 0.6) is 5.75 Å². The minimum absolute atomic E-state index is 0.605. The van der Waals surface area contributed by atoms with Gasteiger partial charge >= 0.3 is 0 Å². The average molecular weight is 409 g/mol. The Hall–Kier alpha value is -3.23. The van der Waals surface area contributed by atoms with E-state index in [2.05, 4.69) is 25.5 Å². The van der Waals surface area contributed by atoms with Crippen molar-refractivity contribution >= 4 is 27.9 Å². The number of ether oxygens (including phenoxy) is 1. The van der Waals surface area contributed by atoms with Gasteiger partial charge in [-0.1, -0.05) is 47.2 Å². The van der Waals surface area contributed by atoms with Gasteiger partial charge in [-0.3, -0.25) is 5.10 Å². The molecule has 28 heavy (non-hydrogen) atoms. The first-order valence-electron chi connectivity index (χ1n) is 8.39. The van der Waals surface area contributed by atoms with Crippen LogP contribution >= 0.6 is 22.9 Å². The second kappa shape index (κ2) is 6.74. The van der Waals surface area contributed by atoms with E-state index in [-0.39, 0.29) is 0 Å². The fraction of sp³-hybridized carbons (Fsp3) is 0.0526. The number of hydrogen-bond donors (Lipinski definition) is 1. The van der Waals surface area contributed by atoms with Crippen LogP contribution in [0.1, 0.15) is 0 Å². The fourth-order valence-electron chi connectivity index (χ4n) is 2.86. The zero-order chi connectivity index (χ0) is 19.1. The molecular weight excluding hydrogens is 396 g/mol. The number of aromatic nitrogens is 6. The topological polar surface area (TPSA) is 81.0 Å². The van der Waals surface area contributed by atoms with Gasteiger partial charge in [-0.25, -0.2) is 0 Å². The lowest BCUT2D eigenvalue weighted by molar-refractivity contribution is 0.415. The third-order valence-electron chi connectivity index (χ3n) is 4.27. The summed E-state index contributed by atoms with van der Waals surface area (Å²) >= 11 is 7.42. The quantitative estimate of drug-likeness (QED) is 0.471. The molecule has 3 aromatic heterocycles. The molecule has 3 heterocycles.